The van der Waals surface area contributed by atoms with Gasteiger partial charge in [0, 0.05) is 0 Å². The van der Waals surface area contributed by atoms with Crippen molar-refractivity contribution in [3.05, 3.63) is 35.9 Å². The average Bonchev–Trinajstić information content (AvgIpc) is 2.29. The highest BCUT2D eigenvalue weighted by Crippen LogP contribution is 2.24. The molecule has 1 aromatic carbocycles. The van der Waals surface area contributed by atoms with Crippen LogP contribution in [0.25, 0.3) is 0 Å². The van der Waals surface area contributed by atoms with Gasteiger partial charge in [-0.25, -0.2) is 4.79 Å². The van der Waals surface area contributed by atoms with Crippen LogP contribution in [0.4, 0.5) is 0 Å². The molecule has 0 unspecified atom stereocenters. The molecule has 1 rings (SSSR count). The molecule has 1 amide bonds. The molecule has 2 N–H and O–H groups in total. The Bertz CT molecular complexity index is 449. The zero-order valence-corrected chi connectivity index (χ0v) is 11.2. The van der Waals surface area contributed by atoms with Crippen LogP contribution in [-0.4, -0.2) is 22.5 Å². The Morgan fingerprint density at radius 3 is 2.00 bits per heavy atom. The molecule has 0 atom stereocenters. The molecule has 0 bridgehead atoms. The van der Waals surface area contributed by atoms with Crippen molar-refractivity contribution in [3.8, 4) is 0 Å². The first kappa shape index (κ1) is 14.2. The maximum absolute atomic E-state index is 12.2. The Labute approximate surface area is 107 Å². The zero-order valence-electron chi connectivity index (χ0n) is 11.2. The second-order valence-corrected chi connectivity index (χ2v) is 5.38. The number of hydrogen-bond donors (Lipinski definition) is 2. The molecule has 0 aliphatic heterocycles. The molecule has 0 aliphatic rings. The molecule has 18 heavy (non-hydrogen) atoms. The van der Waals surface area contributed by atoms with Crippen molar-refractivity contribution in [1.29, 1.82) is 0 Å². The minimum absolute atomic E-state index is 0.305. The van der Waals surface area contributed by atoms with Gasteiger partial charge in [-0.2, -0.15) is 0 Å². The summed E-state index contributed by atoms with van der Waals surface area (Å²) >= 11 is 0. The van der Waals surface area contributed by atoms with Gasteiger partial charge in [0.2, 0.25) is 5.91 Å². The van der Waals surface area contributed by atoms with Crippen molar-refractivity contribution in [2.75, 3.05) is 0 Å². The van der Waals surface area contributed by atoms with E-state index in [1.165, 1.54) is 13.8 Å². The number of rotatable bonds is 4. The molecule has 0 radical (unpaired) electrons. The number of carboxylic acid groups (broad SMARTS) is 1. The number of carboxylic acids is 1. The van der Waals surface area contributed by atoms with Crippen molar-refractivity contribution in [2.24, 2.45) is 0 Å². The summed E-state index contributed by atoms with van der Waals surface area (Å²) in [7, 11) is 0. The van der Waals surface area contributed by atoms with Crippen LogP contribution in [0, 0.1) is 0 Å². The molecule has 0 spiro atoms. The van der Waals surface area contributed by atoms with Gasteiger partial charge >= 0.3 is 5.97 Å². The molecule has 0 heterocycles. The number of aliphatic carboxylic acids is 1. The van der Waals surface area contributed by atoms with Gasteiger partial charge in [-0.15, -0.1) is 0 Å². The largest absolute Gasteiger partial charge is 0.480 e. The van der Waals surface area contributed by atoms with Crippen molar-refractivity contribution in [2.45, 2.75) is 38.6 Å². The van der Waals surface area contributed by atoms with E-state index < -0.39 is 16.9 Å². The van der Waals surface area contributed by atoms with Crippen molar-refractivity contribution in [1.82, 2.24) is 5.32 Å². The highest BCUT2D eigenvalue weighted by molar-refractivity contribution is 5.92. The van der Waals surface area contributed by atoms with E-state index in [4.69, 9.17) is 5.11 Å². The Morgan fingerprint density at radius 2 is 1.56 bits per heavy atom. The van der Waals surface area contributed by atoms with Crippen LogP contribution in [-0.2, 0) is 15.0 Å². The van der Waals surface area contributed by atoms with Gasteiger partial charge in [0.05, 0.1) is 5.41 Å². The van der Waals surface area contributed by atoms with Crippen LogP contribution >= 0.6 is 0 Å². The standard InChI is InChI=1S/C14H19NO3/c1-13(2,10-8-6-5-7-9-10)11(16)15-14(3,4)12(17)18/h5-9H,1-4H3,(H,15,16)(H,17,18). The summed E-state index contributed by atoms with van der Waals surface area (Å²) in [6.45, 7) is 6.48. The Morgan fingerprint density at radius 1 is 1.06 bits per heavy atom. The topological polar surface area (TPSA) is 66.4 Å². The van der Waals surface area contributed by atoms with E-state index in [1.807, 2.05) is 30.3 Å². The first-order chi connectivity index (χ1) is 8.18. The number of hydrogen-bond acceptors (Lipinski definition) is 2. The van der Waals surface area contributed by atoms with Gasteiger partial charge in [0.1, 0.15) is 5.54 Å². The minimum Gasteiger partial charge on any atom is -0.480 e. The lowest BCUT2D eigenvalue weighted by atomic mass is 9.83. The van der Waals surface area contributed by atoms with Gasteiger partial charge in [-0.1, -0.05) is 30.3 Å². The lowest BCUT2D eigenvalue weighted by molar-refractivity contribution is -0.146. The van der Waals surface area contributed by atoms with E-state index in [0.29, 0.717) is 0 Å². The summed E-state index contributed by atoms with van der Waals surface area (Å²) in [6.07, 6.45) is 0. The molecule has 4 heteroatoms. The van der Waals surface area contributed by atoms with E-state index in [-0.39, 0.29) is 5.91 Å². The summed E-state index contributed by atoms with van der Waals surface area (Å²) in [5.74, 6) is -1.36. The Kier molecular flexibility index (Phi) is 3.79. The van der Waals surface area contributed by atoms with Crippen LogP contribution in [0.5, 0.6) is 0 Å². The fourth-order valence-electron chi connectivity index (χ4n) is 1.48. The van der Waals surface area contributed by atoms with Crippen LogP contribution in [0.3, 0.4) is 0 Å². The third kappa shape index (κ3) is 2.88. The van der Waals surface area contributed by atoms with Crippen molar-refractivity contribution < 1.29 is 14.7 Å². The smallest absolute Gasteiger partial charge is 0.328 e. The van der Waals surface area contributed by atoms with E-state index in [9.17, 15) is 9.59 Å². The third-order valence-corrected chi connectivity index (χ3v) is 3.02. The lowest BCUT2D eigenvalue weighted by Gasteiger charge is -2.29. The lowest BCUT2D eigenvalue weighted by Crippen LogP contribution is -2.54. The van der Waals surface area contributed by atoms with Crippen LogP contribution in [0.15, 0.2) is 30.3 Å². The third-order valence-electron chi connectivity index (χ3n) is 3.02. The summed E-state index contributed by atoms with van der Waals surface area (Å²) in [5.41, 5.74) is -1.19. The molecule has 0 saturated heterocycles. The second-order valence-electron chi connectivity index (χ2n) is 5.38. The maximum Gasteiger partial charge on any atom is 0.328 e. The molecule has 1 aromatic rings. The molecule has 98 valence electrons. The van der Waals surface area contributed by atoms with E-state index >= 15 is 0 Å². The second kappa shape index (κ2) is 4.80. The number of benzene rings is 1. The molecule has 4 nitrogen and oxygen atoms in total. The quantitative estimate of drug-likeness (QED) is 0.857. The van der Waals surface area contributed by atoms with Crippen LogP contribution in [0.2, 0.25) is 0 Å². The summed E-state index contributed by atoms with van der Waals surface area (Å²) in [6, 6.07) is 9.29. The zero-order chi connectivity index (χ0) is 14.0. The predicted molar refractivity (Wildman–Crippen MR) is 69.3 cm³/mol. The SMILES string of the molecule is CC(C)(NC(=O)C(C)(C)c1ccccc1)C(=O)O. The first-order valence-corrected chi connectivity index (χ1v) is 5.79. The van der Waals surface area contributed by atoms with E-state index in [2.05, 4.69) is 5.32 Å². The molecule has 0 aromatic heterocycles. The number of carbonyl (C=O) groups is 2. The monoisotopic (exact) mass is 249 g/mol. The van der Waals surface area contributed by atoms with Gasteiger partial charge in [0.15, 0.2) is 0 Å². The van der Waals surface area contributed by atoms with Gasteiger partial charge in [0.25, 0.3) is 0 Å². The summed E-state index contributed by atoms with van der Waals surface area (Å²) in [4.78, 5) is 23.2. The van der Waals surface area contributed by atoms with Crippen molar-refractivity contribution in [3.63, 3.8) is 0 Å². The fraction of sp³-hybridized carbons (Fsp3) is 0.429. The number of amides is 1. The van der Waals surface area contributed by atoms with E-state index in [0.717, 1.165) is 5.56 Å². The maximum atomic E-state index is 12.2. The molecular formula is C14H19NO3. The van der Waals surface area contributed by atoms with E-state index in [1.54, 1.807) is 13.8 Å². The average molecular weight is 249 g/mol. The number of carbonyl (C=O) groups excluding carboxylic acids is 1. The minimum atomic E-state index is -1.27. The highest BCUT2D eigenvalue weighted by Gasteiger charge is 2.36. The van der Waals surface area contributed by atoms with Crippen LogP contribution < -0.4 is 5.32 Å². The molecule has 0 saturated carbocycles. The summed E-state index contributed by atoms with van der Waals surface area (Å²) in [5, 5.41) is 11.6. The van der Waals surface area contributed by atoms with Crippen molar-refractivity contribution >= 4 is 11.9 Å². The number of nitrogens with one attached hydrogen (secondary N) is 1. The van der Waals surface area contributed by atoms with Crippen LogP contribution in [0.1, 0.15) is 33.3 Å². The highest BCUT2D eigenvalue weighted by atomic mass is 16.4. The normalized spacial score (nSPS) is 12.0. The Hall–Kier alpha value is -1.84. The molecule has 0 aliphatic carbocycles. The molecule has 0 fully saturated rings. The first-order valence-electron chi connectivity index (χ1n) is 5.79. The fourth-order valence-corrected chi connectivity index (χ4v) is 1.48. The van der Waals surface area contributed by atoms with Gasteiger partial charge in [-0.3, -0.25) is 4.79 Å². The summed E-state index contributed by atoms with van der Waals surface area (Å²) < 4.78 is 0. The van der Waals surface area contributed by atoms with Gasteiger partial charge < -0.3 is 10.4 Å². The molecular weight excluding hydrogens is 230 g/mol. The Balaban J connectivity index is 2.94. The van der Waals surface area contributed by atoms with Gasteiger partial charge in [-0.05, 0) is 33.3 Å². The predicted octanol–water partition coefficient (Wildman–Crippen LogP) is 1.94.